The molecule has 0 saturated heterocycles. The third-order valence-corrected chi connectivity index (χ3v) is 3.84. The number of aryl methyl sites for hydroxylation is 1. The van der Waals surface area contributed by atoms with E-state index in [1.807, 2.05) is 17.8 Å². The minimum atomic E-state index is -0.195. The number of carbonyl (C=O) groups excluding carboxylic acids is 1. The monoisotopic (exact) mass is 367 g/mol. The Morgan fingerprint density at radius 3 is 2.64 bits per heavy atom. The van der Waals surface area contributed by atoms with Gasteiger partial charge in [0, 0.05) is 18.3 Å². The van der Waals surface area contributed by atoms with Crippen LogP contribution in [0.2, 0.25) is 0 Å². The van der Waals surface area contributed by atoms with Crippen molar-refractivity contribution in [3.05, 3.63) is 40.1 Å². The summed E-state index contributed by atoms with van der Waals surface area (Å²) in [5.41, 5.74) is 1.29. The Morgan fingerprint density at radius 2 is 2.05 bits per heavy atom. The molecule has 1 amide bonds. The van der Waals surface area contributed by atoms with Crippen molar-refractivity contribution in [2.24, 2.45) is 0 Å². The summed E-state index contributed by atoms with van der Waals surface area (Å²) in [6.45, 7) is 3.13. The molecule has 0 atom stereocenters. The molecule has 0 aliphatic heterocycles. The number of benzene rings is 1. The van der Waals surface area contributed by atoms with Crippen molar-refractivity contribution in [1.82, 2.24) is 15.1 Å². The highest BCUT2D eigenvalue weighted by Crippen LogP contribution is 2.27. The fourth-order valence-corrected chi connectivity index (χ4v) is 2.42. The molecular formula is C15H18BrN3O3. The Bertz CT molecular complexity index is 670. The van der Waals surface area contributed by atoms with E-state index < -0.39 is 0 Å². The van der Waals surface area contributed by atoms with E-state index in [9.17, 15) is 4.79 Å². The smallest absolute Gasteiger partial charge is 0.251 e. The van der Waals surface area contributed by atoms with E-state index in [0.717, 1.165) is 16.7 Å². The van der Waals surface area contributed by atoms with E-state index in [-0.39, 0.29) is 5.91 Å². The number of aromatic nitrogens is 2. The standard InChI is InChI=1S/C15H18BrN3O3/c1-4-19-9-11(16)12(18-19)8-17-15(20)10-5-6-13(21-2)14(7-10)22-3/h5-7,9H,4,8H2,1-3H3,(H,17,20). The maximum Gasteiger partial charge on any atom is 0.251 e. The predicted octanol–water partition coefficient (Wildman–Crippen LogP) is 2.61. The van der Waals surface area contributed by atoms with Crippen molar-refractivity contribution in [3.8, 4) is 11.5 Å². The maximum absolute atomic E-state index is 12.2. The second kappa shape index (κ2) is 7.31. The van der Waals surface area contributed by atoms with Gasteiger partial charge in [-0.25, -0.2) is 0 Å². The summed E-state index contributed by atoms with van der Waals surface area (Å²) >= 11 is 3.43. The Labute approximate surface area is 137 Å². The fourth-order valence-electron chi connectivity index (χ4n) is 1.96. The molecule has 6 nitrogen and oxygen atoms in total. The zero-order valence-corrected chi connectivity index (χ0v) is 14.3. The summed E-state index contributed by atoms with van der Waals surface area (Å²) in [7, 11) is 3.09. The number of halogens is 1. The van der Waals surface area contributed by atoms with Gasteiger partial charge < -0.3 is 14.8 Å². The molecule has 1 aromatic heterocycles. The molecule has 2 aromatic rings. The van der Waals surface area contributed by atoms with E-state index >= 15 is 0 Å². The first-order chi connectivity index (χ1) is 10.6. The minimum absolute atomic E-state index is 0.195. The molecule has 1 aromatic carbocycles. The van der Waals surface area contributed by atoms with Crippen molar-refractivity contribution in [3.63, 3.8) is 0 Å². The Morgan fingerprint density at radius 1 is 1.32 bits per heavy atom. The number of amides is 1. The summed E-state index contributed by atoms with van der Waals surface area (Å²) in [5, 5.41) is 7.21. The normalized spacial score (nSPS) is 10.4. The van der Waals surface area contributed by atoms with Crippen LogP contribution in [0.25, 0.3) is 0 Å². The SMILES string of the molecule is CCn1cc(Br)c(CNC(=O)c2ccc(OC)c(OC)c2)n1. The summed E-state index contributed by atoms with van der Waals surface area (Å²) in [6, 6.07) is 5.04. The van der Waals surface area contributed by atoms with E-state index in [1.54, 1.807) is 25.3 Å². The molecule has 0 aliphatic carbocycles. The summed E-state index contributed by atoms with van der Waals surface area (Å²) in [6.07, 6.45) is 1.89. The largest absolute Gasteiger partial charge is 0.493 e. The van der Waals surface area contributed by atoms with Crippen molar-refractivity contribution in [2.45, 2.75) is 20.0 Å². The molecule has 118 valence electrons. The number of methoxy groups -OCH3 is 2. The molecule has 0 fully saturated rings. The summed E-state index contributed by atoms with van der Waals surface area (Å²) in [4.78, 5) is 12.2. The number of carbonyl (C=O) groups is 1. The molecule has 0 spiro atoms. The molecule has 1 heterocycles. The number of nitrogens with zero attached hydrogens (tertiary/aromatic N) is 2. The molecule has 0 aliphatic rings. The molecule has 7 heteroatoms. The molecule has 1 N–H and O–H groups in total. The number of nitrogens with one attached hydrogen (secondary N) is 1. The first-order valence-corrected chi connectivity index (χ1v) is 7.60. The van der Waals surface area contributed by atoms with Crippen LogP contribution in [0.4, 0.5) is 0 Å². The predicted molar refractivity (Wildman–Crippen MR) is 86.3 cm³/mol. The highest BCUT2D eigenvalue weighted by molar-refractivity contribution is 9.10. The quantitative estimate of drug-likeness (QED) is 0.851. The highest BCUT2D eigenvalue weighted by Gasteiger charge is 2.12. The first-order valence-electron chi connectivity index (χ1n) is 6.81. The average molecular weight is 368 g/mol. The third kappa shape index (κ3) is 3.59. The Hall–Kier alpha value is -2.02. The van der Waals surface area contributed by atoms with Gasteiger partial charge in [0.15, 0.2) is 11.5 Å². The van der Waals surface area contributed by atoms with Crippen LogP contribution in [-0.2, 0) is 13.1 Å². The zero-order valence-electron chi connectivity index (χ0n) is 12.7. The van der Waals surface area contributed by atoms with Gasteiger partial charge in [0.2, 0.25) is 0 Å². The van der Waals surface area contributed by atoms with E-state index in [2.05, 4.69) is 26.3 Å². The van der Waals surface area contributed by atoms with Crippen LogP contribution in [-0.4, -0.2) is 29.9 Å². The van der Waals surface area contributed by atoms with Crippen LogP contribution < -0.4 is 14.8 Å². The minimum Gasteiger partial charge on any atom is -0.493 e. The number of rotatable bonds is 6. The van der Waals surface area contributed by atoms with Crippen LogP contribution >= 0.6 is 15.9 Å². The van der Waals surface area contributed by atoms with Crippen molar-refractivity contribution in [1.29, 1.82) is 0 Å². The lowest BCUT2D eigenvalue weighted by atomic mass is 10.2. The van der Waals surface area contributed by atoms with Crippen LogP contribution in [0.3, 0.4) is 0 Å². The molecule has 22 heavy (non-hydrogen) atoms. The van der Waals surface area contributed by atoms with Gasteiger partial charge in [-0.3, -0.25) is 9.48 Å². The van der Waals surface area contributed by atoms with Crippen LogP contribution in [0.15, 0.2) is 28.9 Å². The van der Waals surface area contributed by atoms with Gasteiger partial charge in [0.05, 0.1) is 30.9 Å². The van der Waals surface area contributed by atoms with Crippen molar-refractivity contribution < 1.29 is 14.3 Å². The van der Waals surface area contributed by atoms with E-state index in [4.69, 9.17) is 9.47 Å². The first kappa shape index (κ1) is 16.4. The van der Waals surface area contributed by atoms with Crippen LogP contribution in [0, 0.1) is 0 Å². The lowest BCUT2D eigenvalue weighted by Crippen LogP contribution is -2.23. The highest BCUT2D eigenvalue weighted by atomic mass is 79.9. The number of hydrogen-bond donors (Lipinski definition) is 1. The van der Waals surface area contributed by atoms with Gasteiger partial charge in [0.25, 0.3) is 5.91 Å². The molecular weight excluding hydrogens is 350 g/mol. The number of ether oxygens (including phenoxy) is 2. The van der Waals surface area contributed by atoms with Crippen LogP contribution in [0.5, 0.6) is 11.5 Å². The zero-order chi connectivity index (χ0) is 16.1. The second-order valence-electron chi connectivity index (χ2n) is 4.53. The number of hydrogen-bond acceptors (Lipinski definition) is 4. The van der Waals surface area contributed by atoms with E-state index in [0.29, 0.717) is 23.6 Å². The lowest BCUT2D eigenvalue weighted by molar-refractivity contribution is 0.0950. The Kier molecular flexibility index (Phi) is 5.43. The van der Waals surface area contributed by atoms with Gasteiger partial charge in [-0.1, -0.05) is 0 Å². The summed E-state index contributed by atoms with van der Waals surface area (Å²) < 4.78 is 13.0. The second-order valence-corrected chi connectivity index (χ2v) is 5.39. The van der Waals surface area contributed by atoms with Crippen molar-refractivity contribution in [2.75, 3.05) is 14.2 Å². The van der Waals surface area contributed by atoms with Crippen LogP contribution in [0.1, 0.15) is 23.0 Å². The van der Waals surface area contributed by atoms with Gasteiger partial charge in [0.1, 0.15) is 0 Å². The summed E-state index contributed by atoms with van der Waals surface area (Å²) in [5.74, 6) is 0.911. The molecule has 0 unspecified atom stereocenters. The fraction of sp³-hybridized carbons (Fsp3) is 0.333. The molecule has 0 bridgehead atoms. The van der Waals surface area contributed by atoms with E-state index in [1.165, 1.54) is 7.11 Å². The molecule has 0 saturated carbocycles. The average Bonchev–Trinajstić information content (AvgIpc) is 2.92. The van der Waals surface area contributed by atoms with Gasteiger partial charge in [-0.15, -0.1) is 0 Å². The molecule has 2 rings (SSSR count). The topological polar surface area (TPSA) is 65.4 Å². The van der Waals surface area contributed by atoms with Crippen molar-refractivity contribution >= 4 is 21.8 Å². The Balaban J connectivity index is 2.07. The van der Waals surface area contributed by atoms with Gasteiger partial charge in [-0.2, -0.15) is 5.10 Å². The maximum atomic E-state index is 12.2. The van der Waals surface area contributed by atoms with Gasteiger partial charge in [-0.05, 0) is 41.1 Å². The molecule has 0 radical (unpaired) electrons. The third-order valence-electron chi connectivity index (χ3n) is 3.17. The lowest BCUT2D eigenvalue weighted by Gasteiger charge is -2.09. The van der Waals surface area contributed by atoms with Gasteiger partial charge >= 0.3 is 0 Å².